The molecule has 4 aromatic rings. The van der Waals surface area contributed by atoms with Crippen LogP contribution in [0, 0.1) is 16.7 Å². The Bertz CT molecular complexity index is 2510. The van der Waals surface area contributed by atoms with Crippen LogP contribution < -0.4 is 10.7 Å². The minimum Gasteiger partial charge on any atom is -0.467 e. The molecule has 1 saturated carbocycles. The predicted molar refractivity (Wildman–Crippen MR) is 266 cm³/mol. The Kier molecular flexibility index (Phi) is 14.6. The number of amides is 3. The smallest absolute Gasteiger partial charge is 0.293 e. The minimum absolute atomic E-state index is 0.0268. The lowest BCUT2D eigenvalue weighted by molar-refractivity contribution is -0.142. The molecule has 3 amide bonds. The van der Waals surface area contributed by atoms with E-state index in [-0.39, 0.29) is 65.4 Å². The number of rotatable bonds is 18. The maximum Gasteiger partial charge on any atom is 0.293 e. The molecule has 4 saturated heterocycles. The van der Waals surface area contributed by atoms with E-state index in [0.717, 1.165) is 128 Å². The predicted octanol–water partition coefficient (Wildman–Crippen LogP) is 7.26. The van der Waals surface area contributed by atoms with Crippen molar-refractivity contribution in [3.63, 3.8) is 0 Å². The molecule has 2 N–H and O–H groups in total. The molecule has 69 heavy (non-hydrogen) atoms. The minimum atomic E-state index is -0.779. The van der Waals surface area contributed by atoms with Gasteiger partial charge in [0.05, 0.1) is 36.7 Å². The zero-order valence-electron chi connectivity index (χ0n) is 41.6. The highest BCUT2D eigenvalue weighted by atomic mass is 16.6. The Labute approximate surface area is 407 Å². The number of nitrogens with zero attached hydrogens (tertiary/aromatic N) is 5. The number of carbonyl (C=O) groups is 4. The van der Waals surface area contributed by atoms with Crippen LogP contribution in [0.4, 0.5) is 0 Å². The van der Waals surface area contributed by atoms with E-state index < -0.39 is 6.04 Å². The lowest BCUT2D eigenvalue weighted by Gasteiger charge is -2.37. The SMILES string of the molecule is CCn1c(-c2cccnc2[C@H](C)OC)c(CC(C)(C)COC=O)c2cc(-c3cccc(C[C@H](NC(=O)[C@H](C4CCCC4)N4CC[C@]5(CCN(C(=O)[C@H]6CO6)C5)C4)C(=O)N4CCC[C@@H](C)N4)c3)ccc21. The molecule has 14 nitrogen and oxygen atoms in total. The van der Waals surface area contributed by atoms with Gasteiger partial charge in [0.25, 0.3) is 18.3 Å². The molecule has 5 fully saturated rings. The van der Waals surface area contributed by atoms with Gasteiger partial charge < -0.3 is 29.0 Å². The first-order chi connectivity index (χ1) is 33.3. The van der Waals surface area contributed by atoms with Crippen LogP contribution in [-0.2, 0) is 52.8 Å². The van der Waals surface area contributed by atoms with Crippen molar-refractivity contribution in [2.45, 2.75) is 136 Å². The number of hydrogen-bond donors (Lipinski definition) is 2. The Morgan fingerprint density at radius 1 is 1.00 bits per heavy atom. The Hall–Kier alpha value is -5.15. The number of methoxy groups -OCH3 is 1. The summed E-state index contributed by atoms with van der Waals surface area (Å²) in [4.78, 5) is 63.3. The second-order valence-electron chi connectivity index (χ2n) is 21.5. The molecule has 2 aromatic carbocycles. The number of hydrogen-bond acceptors (Lipinski definition) is 10. The molecule has 5 aliphatic rings. The van der Waals surface area contributed by atoms with Gasteiger partial charge in [-0.1, -0.05) is 57.0 Å². The number of likely N-dealkylation sites (tertiary alicyclic amines) is 2. The normalized spacial score (nSPS) is 23.4. The molecule has 14 heteroatoms. The molecule has 1 aliphatic carbocycles. The number of hydrazine groups is 1. The molecular weight excluding hydrogens is 871 g/mol. The van der Waals surface area contributed by atoms with Crippen molar-refractivity contribution in [1.29, 1.82) is 0 Å². The number of ether oxygens (including phenoxy) is 3. The van der Waals surface area contributed by atoms with Gasteiger partial charge in [-0.25, -0.2) is 5.43 Å². The second kappa shape index (κ2) is 20.7. The van der Waals surface area contributed by atoms with Crippen LogP contribution in [0.1, 0.15) is 109 Å². The fourth-order valence-electron chi connectivity index (χ4n) is 12.2. The van der Waals surface area contributed by atoms with Crippen LogP contribution >= 0.6 is 0 Å². The quantitative estimate of drug-likeness (QED) is 0.0771. The average molecular weight is 944 g/mol. The van der Waals surface area contributed by atoms with Gasteiger partial charge >= 0.3 is 0 Å². The van der Waals surface area contributed by atoms with Gasteiger partial charge in [0.1, 0.15) is 6.04 Å². The Morgan fingerprint density at radius 3 is 2.52 bits per heavy atom. The van der Waals surface area contributed by atoms with Crippen LogP contribution in [0.15, 0.2) is 60.8 Å². The first-order valence-electron chi connectivity index (χ1n) is 25.6. The van der Waals surface area contributed by atoms with Gasteiger partial charge in [-0.2, -0.15) is 0 Å². The molecule has 9 rings (SSSR count). The highest BCUT2D eigenvalue weighted by Gasteiger charge is 2.50. The third kappa shape index (κ3) is 10.5. The van der Waals surface area contributed by atoms with Crippen molar-refractivity contribution in [1.82, 2.24) is 35.1 Å². The van der Waals surface area contributed by atoms with Crippen molar-refractivity contribution in [2.24, 2.45) is 16.7 Å². The zero-order chi connectivity index (χ0) is 48.5. The van der Waals surface area contributed by atoms with Crippen molar-refractivity contribution in [2.75, 3.05) is 53.0 Å². The van der Waals surface area contributed by atoms with Crippen molar-refractivity contribution < 1.29 is 33.4 Å². The van der Waals surface area contributed by atoms with E-state index in [1.807, 2.05) is 30.2 Å². The maximum absolute atomic E-state index is 15.0. The van der Waals surface area contributed by atoms with E-state index in [9.17, 15) is 14.4 Å². The van der Waals surface area contributed by atoms with Crippen LogP contribution in [0.3, 0.4) is 0 Å². The zero-order valence-corrected chi connectivity index (χ0v) is 41.6. The number of epoxide rings is 1. The standard InChI is InChI=1S/C55H73N7O7/c1-7-61-46-20-19-41(29-43(46)44(30-54(4,5)34-68-35-63)50(61)42-18-11-23-56-48(42)37(3)67-6)40-17-10-14-38(27-40)28-45(52(65)62-24-12-13-36(2)58-62)57-51(64)49(39-15-8-9-16-39)59-25-21-55(32-59)22-26-60(33-55)53(66)47-31-69-47/h10-11,14,17-20,23,27,29,35-37,39,45,47,49,58H,7-9,12-13,15-16,21-22,24-26,28,30-34H2,1-6H3,(H,57,64)/t36-,37+,45+,47-,49+,55+/m1/s1. The molecule has 6 atom stereocenters. The fraction of sp³-hybridized carbons (Fsp3) is 0.582. The first-order valence-corrected chi connectivity index (χ1v) is 25.6. The first kappa shape index (κ1) is 48.9. The molecule has 370 valence electrons. The number of benzene rings is 2. The Balaban J connectivity index is 1.03. The third-order valence-corrected chi connectivity index (χ3v) is 15.8. The van der Waals surface area contributed by atoms with Gasteiger partial charge in [0.15, 0.2) is 6.10 Å². The summed E-state index contributed by atoms with van der Waals surface area (Å²) in [6, 6.07) is 18.1. The number of aromatic nitrogens is 2. The van der Waals surface area contributed by atoms with Crippen LogP contribution in [0.2, 0.25) is 0 Å². The monoisotopic (exact) mass is 944 g/mol. The largest absolute Gasteiger partial charge is 0.467 e. The molecule has 0 bridgehead atoms. The molecule has 0 unspecified atom stereocenters. The highest BCUT2D eigenvalue weighted by Crippen LogP contribution is 2.44. The van der Waals surface area contributed by atoms with E-state index in [4.69, 9.17) is 19.2 Å². The molecular formula is C55H73N7O7. The van der Waals surface area contributed by atoms with E-state index in [2.05, 4.69) is 90.4 Å². The average Bonchev–Trinajstić information content (AvgIpc) is 3.61. The van der Waals surface area contributed by atoms with Crippen LogP contribution in [0.5, 0.6) is 0 Å². The van der Waals surface area contributed by atoms with Gasteiger partial charge in [-0.05, 0) is 125 Å². The summed E-state index contributed by atoms with van der Waals surface area (Å²) in [7, 11) is 1.70. The number of carbonyl (C=O) groups excluding carboxylic acids is 4. The van der Waals surface area contributed by atoms with E-state index >= 15 is 4.79 Å². The maximum atomic E-state index is 15.0. The van der Waals surface area contributed by atoms with Crippen molar-refractivity contribution in [3.8, 4) is 22.4 Å². The molecule has 2 aromatic heterocycles. The summed E-state index contributed by atoms with van der Waals surface area (Å²) >= 11 is 0. The summed E-state index contributed by atoms with van der Waals surface area (Å²) in [5.41, 5.74) is 11.2. The lowest BCUT2D eigenvalue weighted by Crippen LogP contribution is -2.60. The van der Waals surface area contributed by atoms with Crippen LogP contribution in [-0.4, -0.2) is 126 Å². The molecule has 4 aliphatic heterocycles. The summed E-state index contributed by atoms with van der Waals surface area (Å²) in [6.07, 6.45) is 10.2. The summed E-state index contributed by atoms with van der Waals surface area (Å²) in [6.45, 7) is 16.2. The van der Waals surface area contributed by atoms with Crippen molar-refractivity contribution in [3.05, 3.63) is 77.6 Å². The molecule has 1 spiro atoms. The number of nitrogens with one attached hydrogen (secondary N) is 2. The molecule has 0 radical (unpaired) electrons. The van der Waals surface area contributed by atoms with E-state index in [1.165, 1.54) is 0 Å². The topological polar surface area (TPSA) is 151 Å². The van der Waals surface area contributed by atoms with Gasteiger partial charge in [0, 0.05) is 85.8 Å². The number of fused-ring (bicyclic) bond motifs is 1. The van der Waals surface area contributed by atoms with Gasteiger partial charge in [-0.3, -0.25) is 34.1 Å². The second-order valence-corrected chi connectivity index (χ2v) is 21.5. The van der Waals surface area contributed by atoms with E-state index in [1.54, 1.807) is 12.1 Å². The summed E-state index contributed by atoms with van der Waals surface area (Å²) in [5.74, 6) is 0.133. The Morgan fingerprint density at radius 2 is 1.78 bits per heavy atom. The molecule has 6 heterocycles. The van der Waals surface area contributed by atoms with E-state index in [0.29, 0.717) is 39.0 Å². The lowest BCUT2D eigenvalue weighted by atomic mass is 9.84. The third-order valence-electron chi connectivity index (χ3n) is 15.8. The summed E-state index contributed by atoms with van der Waals surface area (Å²) in [5, 5.41) is 6.24. The van der Waals surface area contributed by atoms with Crippen LogP contribution in [0.25, 0.3) is 33.3 Å². The van der Waals surface area contributed by atoms with Crippen molar-refractivity contribution >= 4 is 35.1 Å². The number of pyridine rings is 1. The summed E-state index contributed by atoms with van der Waals surface area (Å²) < 4.78 is 18.9. The highest BCUT2D eigenvalue weighted by molar-refractivity contribution is 5.95. The van der Waals surface area contributed by atoms with Gasteiger partial charge in [-0.15, -0.1) is 0 Å². The fourth-order valence-corrected chi connectivity index (χ4v) is 12.2. The van der Waals surface area contributed by atoms with Gasteiger partial charge in [0.2, 0.25) is 5.91 Å². The number of aryl methyl sites for hydroxylation is 1.